The summed E-state index contributed by atoms with van der Waals surface area (Å²) in [6.45, 7) is 3.83. The fraction of sp³-hybridized carbons (Fsp3) is 0.412. The monoisotopic (exact) mass is 357 g/mol. The highest BCUT2D eigenvalue weighted by atomic mass is 32.1. The number of hydrogen-bond acceptors (Lipinski definition) is 5. The van der Waals surface area contributed by atoms with Crippen molar-refractivity contribution in [3.8, 4) is 0 Å². The number of nitrogens with one attached hydrogen (secondary N) is 2. The number of fused-ring (bicyclic) bond motifs is 2. The zero-order chi connectivity index (χ0) is 17.6. The third-order valence-electron chi connectivity index (χ3n) is 4.65. The summed E-state index contributed by atoms with van der Waals surface area (Å²) in [5.74, 6) is -0.0488. The van der Waals surface area contributed by atoms with E-state index in [0.29, 0.717) is 23.6 Å². The topological polar surface area (TPSA) is 92.1 Å². The summed E-state index contributed by atoms with van der Waals surface area (Å²) >= 11 is 1.58. The molecule has 0 radical (unpaired) electrons. The fourth-order valence-corrected chi connectivity index (χ4v) is 4.45. The number of nitrogens with zero attached hydrogens (tertiary/aromatic N) is 3. The molecule has 1 amide bonds. The van der Waals surface area contributed by atoms with Gasteiger partial charge in [-0.15, -0.1) is 11.3 Å². The van der Waals surface area contributed by atoms with E-state index >= 15 is 0 Å². The zero-order valence-corrected chi connectivity index (χ0v) is 15.0. The van der Waals surface area contributed by atoms with Crippen molar-refractivity contribution in [3.63, 3.8) is 0 Å². The molecule has 0 aliphatic heterocycles. The minimum Gasteiger partial charge on any atom is -0.302 e. The molecule has 0 saturated heterocycles. The van der Waals surface area contributed by atoms with Gasteiger partial charge in [0.25, 0.3) is 5.56 Å². The third-order valence-corrected chi connectivity index (χ3v) is 5.72. The van der Waals surface area contributed by atoms with Crippen LogP contribution in [0.25, 0.3) is 5.65 Å². The van der Waals surface area contributed by atoms with E-state index in [2.05, 4.69) is 20.4 Å². The molecule has 8 heteroatoms. The second-order valence-corrected chi connectivity index (χ2v) is 7.45. The maximum Gasteiger partial charge on any atom is 0.266 e. The molecular weight excluding hydrogens is 338 g/mol. The summed E-state index contributed by atoms with van der Waals surface area (Å²) in [6, 6.07) is 1.47. The fourth-order valence-electron chi connectivity index (χ4n) is 3.38. The molecule has 0 fully saturated rings. The van der Waals surface area contributed by atoms with Crippen LogP contribution in [0.2, 0.25) is 0 Å². The van der Waals surface area contributed by atoms with Crippen LogP contribution in [0, 0.1) is 13.8 Å². The smallest absolute Gasteiger partial charge is 0.266 e. The molecular formula is C17H19N5O2S. The van der Waals surface area contributed by atoms with E-state index in [4.69, 9.17) is 0 Å². The molecule has 7 nitrogen and oxygen atoms in total. The van der Waals surface area contributed by atoms with Crippen LogP contribution in [0.3, 0.4) is 0 Å². The van der Waals surface area contributed by atoms with Crippen molar-refractivity contribution in [3.05, 3.63) is 43.9 Å². The van der Waals surface area contributed by atoms with E-state index in [1.54, 1.807) is 15.9 Å². The highest BCUT2D eigenvalue weighted by Crippen LogP contribution is 2.30. The molecule has 3 heterocycles. The van der Waals surface area contributed by atoms with Gasteiger partial charge in [-0.05, 0) is 45.1 Å². The molecule has 0 saturated carbocycles. The number of amides is 1. The third kappa shape index (κ3) is 2.97. The molecule has 130 valence electrons. The van der Waals surface area contributed by atoms with Crippen LogP contribution in [0.15, 0.2) is 10.9 Å². The number of carbonyl (C=O) groups is 1. The summed E-state index contributed by atoms with van der Waals surface area (Å²) in [5, 5.41) is 6.34. The van der Waals surface area contributed by atoms with E-state index in [1.165, 1.54) is 10.9 Å². The van der Waals surface area contributed by atoms with Gasteiger partial charge in [-0.3, -0.25) is 14.7 Å². The molecule has 25 heavy (non-hydrogen) atoms. The molecule has 0 unspecified atom stereocenters. The van der Waals surface area contributed by atoms with Crippen LogP contribution in [0.5, 0.6) is 0 Å². The van der Waals surface area contributed by atoms with Crippen LogP contribution in [0.1, 0.15) is 40.4 Å². The lowest BCUT2D eigenvalue weighted by molar-refractivity contribution is -0.116. The van der Waals surface area contributed by atoms with Gasteiger partial charge in [0.2, 0.25) is 5.91 Å². The molecule has 1 aliphatic carbocycles. The Labute approximate surface area is 148 Å². The first-order valence-corrected chi connectivity index (χ1v) is 9.19. The first-order valence-electron chi connectivity index (χ1n) is 8.37. The summed E-state index contributed by atoms with van der Waals surface area (Å²) in [6.07, 6.45) is 4.17. The van der Waals surface area contributed by atoms with Gasteiger partial charge in [-0.25, -0.2) is 14.5 Å². The number of rotatable bonds is 4. The SMILES string of the molecule is Cc1nc2cc(=O)[nH]n2c(C)c1CCC(=O)Nc1nc2c(s1)CCC2. The average molecular weight is 357 g/mol. The standard InChI is InChI=1S/C17H19N5O2S/c1-9-11(10(2)22-14(18-9)8-16(24)21-22)6-7-15(23)20-17-19-12-4-3-5-13(12)25-17/h8H,3-7H2,1-2H3,(H,21,24)(H,19,20,23). The van der Waals surface area contributed by atoms with E-state index in [1.807, 2.05) is 13.8 Å². The summed E-state index contributed by atoms with van der Waals surface area (Å²) in [7, 11) is 0. The summed E-state index contributed by atoms with van der Waals surface area (Å²) < 4.78 is 1.67. The molecule has 2 N–H and O–H groups in total. The number of aromatic amines is 1. The minimum absolute atomic E-state index is 0.0488. The minimum atomic E-state index is -0.179. The molecule has 1 aliphatic rings. The molecule has 3 aromatic rings. The quantitative estimate of drug-likeness (QED) is 0.748. The number of aryl methyl sites for hydroxylation is 4. The van der Waals surface area contributed by atoms with Crippen LogP contribution in [-0.4, -0.2) is 25.5 Å². The lowest BCUT2D eigenvalue weighted by Crippen LogP contribution is -2.14. The summed E-state index contributed by atoms with van der Waals surface area (Å²) in [4.78, 5) is 34.0. The van der Waals surface area contributed by atoms with Crippen LogP contribution in [0.4, 0.5) is 5.13 Å². The maximum atomic E-state index is 12.3. The van der Waals surface area contributed by atoms with Gasteiger partial charge in [-0.1, -0.05) is 0 Å². The normalized spacial score (nSPS) is 13.4. The molecule has 0 atom stereocenters. The maximum absolute atomic E-state index is 12.3. The Kier molecular flexibility index (Phi) is 3.91. The molecule has 0 aromatic carbocycles. The van der Waals surface area contributed by atoms with Crippen molar-refractivity contribution in [1.29, 1.82) is 0 Å². The number of anilines is 1. The molecule has 4 rings (SSSR count). The number of aromatic nitrogens is 4. The average Bonchev–Trinajstić information content (AvgIpc) is 3.21. The number of thiazole rings is 1. The lowest BCUT2D eigenvalue weighted by Gasteiger charge is -2.11. The highest BCUT2D eigenvalue weighted by molar-refractivity contribution is 7.15. The van der Waals surface area contributed by atoms with Gasteiger partial charge in [-0.2, -0.15) is 0 Å². The van der Waals surface area contributed by atoms with E-state index in [9.17, 15) is 9.59 Å². The van der Waals surface area contributed by atoms with Crippen molar-refractivity contribution in [1.82, 2.24) is 19.6 Å². The predicted molar refractivity (Wildman–Crippen MR) is 96.4 cm³/mol. The van der Waals surface area contributed by atoms with Gasteiger partial charge in [0.15, 0.2) is 10.8 Å². The van der Waals surface area contributed by atoms with Crippen LogP contribution >= 0.6 is 11.3 Å². The zero-order valence-electron chi connectivity index (χ0n) is 14.2. The summed E-state index contributed by atoms with van der Waals surface area (Å²) in [5.41, 5.74) is 4.30. The van der Waals surface area contributed by atoms with Gasteiger partial charge in [0, 0.05) is 28.8 Å². The Bertz CT molecular complexity index is 1010. The first-order chi connectivity index (χ1) is 12.0. The molecule has 0 bridgehead atoms. The van der Waals surface area contributed by atoms with Crippen molar-refractivity contribution < 1.29 is 4.79 Å². The lowest BCUT2D eigenvalue weighted by atomic mass is 10.1. The van der Waals surface area contributed by atoms with Gasteiger partial charge < -0.3 is 5.32 Å². The van der Waals surface area contributed by atoms with Gasteiger partial charge in [0.1, 0.15) is 0 Å². The van der Waals surface area contributed by atoms with Crippen LogP contribution < -0.4 is 10.9 Å². The predicted octanol–water partition coefficient (Wildman–Crippen LogP) is 2.16. The molecule has 0 spiro atoms. The van der Waals surface area contributed by atoms with E-state index in [-0.39, 0.29) is 11.5 Å². The second kappa shape index (κ2) is 6.11. The van der Waals surface area contributed by atoms with Crippen molar-refractivity contribution >= 4 is 28.0 Å². The van der Waals surface area contributed by atoms with E-state index in [0.717, 1.165) is 41.9 Å². The molecule has 3 aromatic heterocycles. The van der Waals surface area contributed by atoms with Gasteiger partial charge >= 0.3 is 0 Å². The highest BCUT2D eigenvalue weighted by Gasteiger charge is 2.18. The second-order valence-electron chi connectivity index (χ2n) is 6.37. The van der Waals surface area contributed by atoms with Crippen molar-refractivity contribution in [2.45, 2.75) is 46.0 Å². The van der Waals surface area contributed by atoms with Crippen molar-refractivity contribution in [2.75, 3.05) is 5.32 Å². The van der Waals surface area contributed by atoms with E-state index < -0.39 is 0 Å². The Morgan fingerprint density at radius 2 is 2.20 bits per heavy atom. The Morgan fingerprint density at radius 1 is 1.36 bits per heavy atom. The van der Waals surface area contributed by atoms with Gasteiger partial charge in [0.05, 0.1) is 5.69 Å². The first kappa shape index (κ1) is 16.0. The Morgan fingerprint density at radius 3 is 3.00 bits per heavy atom. The number of carbonyl (C=O) groups excluding carboxylic acids is 1. The number of hydrogen-bond donors (Lipinski definition) is 2. The van der Waals surface area contributed by atoms with Crippen molar-refractivity contribution in [2.24, 2.45) is 0 Å². The Balaban J connectivity index is 1.47. The largest absolute Gasteiger partial charge is 0.302 e. The Hall–Kier alpha value is -2.48. The number of H-pyrrole nitrogens is 1. The van der Waals surface area contributed by atoms with Crippen LogP contribution in [-0.2, 0) is 24.1 Å².